The fourth-order valence-corrected chi connectivity index (χ4v) is 3.93. The number of hydrogen-bond acceptors (Lipinski definition) is 3. The first-order valence-electron chi connectivity index (χ1n) is 9.40. The third kappa shape index (κ3) is 3.89. The van der Waals surface area contributed by atoms with Gasteiger partial charge in [-0.1, -0.05) is 0 Å². The van der Waals surface area contributed by atoms with Crippen molar-refractivity contribution >= 4 is 28.4 Å². The summed E-state index contributed by atoms with van der Waals surface area (Å²) in [4.78, 5) is 38.4. The van der Waals surface area contributed by atoms with E-state index in [9.17, 15) is 14.4 Å². The Morgan fingerprint density at radius 3 is 2.33 bits per heavy atom. The summed E-state index contributed by atoms with van der Waals surface area (Å²) in [5.74, 6) is 0.138. The van der Waals surface area contributed by atoms with Crippen LogP contribution in [-0.4, -0.2) is 35.4 Å². The topological polar surface area (TPSA) is 71.4 Å². The highest BCUT2D eigenvalue weighted by atomic mass is 16.2. The molecule has 1 aromatic heterocycles. The van der Waals surface area contributed by atoms with E-state index in [-0.39, 0.29) is 29.2 Å². The maximum absolute atomic E-state index is 12.6. The van der Waals surface area contributed by atoms with Crippen LogP contribution in [0.3, 0.4) is 0 Å². The van der Waals surface area contributed by atoms with Crippen molar-refractivity contribution in [3.8, 4) is 0 Å². The van der Waals surface area contributed by atoms with Gasteiger partial charge in [0.2, 0.25) is 11.8 Å². The lowest BCUT2D eigenvalue weighted by atomic mass is 9.81. The molecule has 1 saturated carbocycles. The highest BCUT2D eigenvalue weighted by Gasteiger charge is 2.30. The number of fused-ring (bicyclic) bond motifs is 1. The Morgan fingerprint density at radius 2 is 1.70 bits per heavy atom. The molecule has 6 heteroatoms. The number of nitrogens with one attached hydrogen (secondary N) is 1. The smallest absolute Gasteiger partial charge is 0.253 e. The average Bonchev–Trinajstić information content (AvgIpc) is 2.65. The number of anilines is 1. The van der Waals surface area contributed by atoms with E-state index in [1.54, 1.807) is 37.5 Å². The van der Waals surface area contributed by atoms with Crippen molar-refractivity contribution in [2.24, 2.45) is 18.9 Å². The molecule has 27 heavy (non-hydrogen) atoms. The second kappa shape index (κ2) is 7.55. The molecule has 0 unspecified atom stereocenters. The van der Waals surface area contributed by atoms with Gasteiger partial charge in [0.05, 0.1) is 5.52 Å². The van der Waals surface area contributed by atoms with Crippen molar-refractivity contribution in [2.45, 2.75) is 32.6 Å². The lowest BCUT2D eigenvalue weighted by Gasteiger charge is -2.28. The van der Waals surface area contributed by atoms with E-state index in [1.165, 1.54) is 0 Å². The molecule has 144 valence electrons. The molecule has 1 aliphatic carbocycles. The number of aryl methyl sites for hydroxylation is 2. The highest BCUT2D eigenvalue weighted by Crippen LogP contribution is 2.31. The number of pyridine rings is 1. The Balaban J connectivity index is 1.69. The third-order valence-corrected chi connectivity index (χ3v) is 5.56. The monoisotopic (exact) mass is 369 g/mol. The molecule has 0 aliphatic heterocycles. The molecule has 1 aliphatic rings. The molecular formula is C21H27N3O3. The number of amides is 2. The van der Waals surface area contributed by atoms with Crippen molar-refractivity contribution in [3.63, 3.8) is 0 Å². The van der Waals surface area contributed by atoms with Crippen LogP contribution in [0, 0.1) is 18.8 Å². The molecule has 2 amide bonds. The summed E-state index contributed by atoms with van der Waals surface area (Å²) >= 11 is 0. The molecule has 0 atom stereocenters. The molecule has 3 rings (SSSR count). The SMILES string of the molecule is Cc1cc2cc(NC(=O)C3CCC(C(=O)N(C)C)CC3)ccc2n(C)c1=O. The van der Waals surface area contributed by atoms with Gasteiger partial charge in [0, 0.05) is 49.6 Å². The zero-order chi connectivity index (χ0) is 19.7. The molecule has 0 bridgehead atoms. The number of hydrogen-bond donors (Lipinski definition) is 1. The molecule has 1 aromatic carbocycles. The summed E-state index contributed by atoms with van der Waals surface area (Å²) in [7, 11) is 5.31. The van der Waals surface area contributed by atoms with E-state index >= 15 is 0 Å². The first kappa shape index (κ1) is 19.1. The van der Waals surface area contributed by atoms with E-state index in [4.69, 9.17) is 0 Å². The normalized spacial score (nSPS) is 19.7. The summed E-state index contributed by atoms with van der Waals surface area (Å²) in [6.07, 6.45) is 2.98. The van der Waals surface area contributed by atoms with Crippen molar-refractivity contribution in [2.75, 3.05) is 19.4 Å². The predicted octanol–water partition coefficient (Wildman–Crippen LogP) is 2.68. The number of nitrogens with zero attached hydrogens (tertiary/aromatic N) is 2. The van der Waals surface area contributed by atoms with Gasteiger partial charge in [0.1, 0.15) is 0 Å². The third-order valence-electron chi connectivity index (χ3n) is 5.56. The first-order chi connectivity index (χ1) is 12.8. The molecular weight excluding hydrogens is 342 g/mol. The Kier molecular flexibility index (Phi) is 5.35. The molecule has 0 radical (unpaired) electrons. The Labute approximate surface area is 159 Å². The number of benzene rings is 1. The van der Waals surface area contributed by atoms with Crippen molar-refractivity contribution < 1.29 is 9.59 Å². The van der Waals surface area contributed by atoms with Crippen LogP contribution >= 0.6 is 0 Å². The standard InChI is InChI=1S/C21H27N3O3/c1-13-11-16-12-17(9-10-18(16)24(4)20(13)26)22-19(25)14-5-7-15(8-6-14)21(27)23(2)3/h9-12,14-15H,5-8H2,1-4H3,(H,22,25). The molecule has 2 aromatic rings. The molecule has 0 saturated heterocycles. The van der Waals surface area contributed by atoms with E-state index < -0.39 is 0 Å². The predicted molar refractivity (Wildman–Crippen MR) is 107 cm³/mol. The van der Waals surface area contributed by atoms with Crippen LogP contribution in [0.5, 0.6) is 0 Å². The minimum absolute atomic E-state index is 0.00615. The zero-order valence-electron chi connectivity index (χ0n) is 16.4. The van der Waals surface area contributed by atoms with E-state index in [0.29, 0.717) is 5.56 Å². The van der Waals surface area contributed by atoms with Crippen LogP contribution in [0.15, 0.2) is 29.1 Å². The number of rotatable bonds is 3. The van der Waals surface area contributed by atoms with Crippen molar-refractivity contribution in [3.05, 3.63) is 40.2 Å². The Morgan fingerprint density at radius 1 is 1.07 bits per heavy atom. The number of carbonyl (C=O) groups excluding carboxylic acids is 2. The lowest BCUT2D eigenvalue weighted by Crippen LogP contribution is -2.34. The van der Waals surface area contributed by atoms with Gasteiger partial charge in [-0.2, -0.15) is 0 Å². The highest BCUT2D eigenvalue weighted by molar-refractivity contribution is 5.95. The quantitative estimate of drug-likeness (QED) is 0.904. The summed E-state index contributed by atoms with van der Waals surface area (Å²) < 4.78 is 1.62. The summed E-state index contributed by atoms with van der Waals surface area (Å²) in [6, 6.07) is 7.45. The largest absolute Gasteiger partial charge is 0.349 e. The van der Waals surface area contributed by atoms with E-state index in [1.807, 2.05) is 24.3 Å². The van der Waals surface area contributed by atoms with Gasteiger partial charge in [0.25, 0.3) is 5.56 Å². The molecule has 0 spiro atoms. The molecule has 1 fully saturated rings. The Hall–Kier alpha value is -2.63. The van der Waals surface area contributed by atoms with Gasteiger partial charge in [0.15, 0.2) is 0 Å². The number of aromatic nitrogens is 1. The van der Waals surface area contributed by atoms with Crippen LogP contribution in [0.25, 0.3) is 10.9 Å². The second-order valence-electron chi connectivity index (χ2n) is 7.74. The summed E-state index contributed by atoms with van der Waals surface area (Å²) in [5.41, 5.74) is 2.24. The van der Waals surface area contributed by atoms with Gasteiger partial charge in [-0.25, -0.2) is 0 Å². The van der Waals surface area contributed by atoms with Gasteiger partial charge in [-0.05, 0) is 56.9 Å². The van der Waals surface area contributed by atoms with Gasteiger partial charge in [-0.3, -0.25) is 14.4 Å². The van der Waals surface area contributed by atoms with Crippen LogP contribution in [0.1, 0.15) is 31.2 Å². The van der Waals surface area contributed by atoms with E-state index in [2.05, 4.69) is 5.32 Å². The maximum atomic E-state index is 12.6. The molecule has 6 nitrogen and oxygen atoms in total. The summed E-state index contributed by atoms with van der Waals surface area (Å²) in [6.45, 7) is 1.79. The minimum Gasteiger partial charge on any atom is -0.349 e. The van der Waals surface area contributed by atoms with Gasteiger partial charge < -0.3 is 14.8 Å². The van der Waals surface area contributed by atoms with Crippen LogP contribution in [0.4, 0.5) is 5.69 Å². The zero-order valence-corrected chi connectivity index (χ0v) is 16.4. The fraction of sp³-hybridized carbons (Fsp3) is 0.476. The lowest BCUT2D eigenvalue weighted by molar-refractivity contribution is -0.135. The van der Waals surface area contributed by atoms with Crippen LogP contribution < -0.4 is 10.9 Å². The number of carbonyl (C=O) groups is 2. The van der Waals surface area contributed by atoms with Crippen molar-refractivity contribution in [1.29, 1.82) is 0 Å². The second-order valence-corrected chi connectivity index (χ2v) is 7.74. The van der Waals surface area contributed by atoms with Crippen molar-refractivity contribution in [1.82, 2.24) is 9.47 Å². The summed E-state index contributed by atoms with van der Waals surface area (Å²) in [5, 5.41) is 3.93. The van der Waals surface area contributed by atoms with Crippen LogP contribution in [0.2, 0.25) is 0 Å². The average molecular weight is 369 g/mol. The van der Waals surface area contributed by atoms with Gasteiger partial charge in [-0.15, -0.1) is 0 Å². The minimum atomic E-state index is -0.0613. The van der Waals surface area contributed by atoms with E-state index in [0.717, 1.165) is 42.3 Å². The van der Waals surface area contributed by atoms with Gasteiger partial charge >= 0.3 is 0 Å². The maximum Gasteiger partial charge on any atom is 0.253 e. The molecule has 1 heterocycles. The Bertz CT molecular complexity index is 938. The first-order valence-corrected chi connectivity index (χ1v) is 9.40. The van der Waals surface area contributed by atoms with Crippen LogP contribution in [-0.2, 0) is 16.6 Å². The molecule has 1 N–H and O–H groups in total. The fourth-order valence-electron chi connectivity index (χ4n) is 3.93.